The van der Waals surface area contributed by atoms with Crippen molar-refractivity contribution in [2.75, 3.05) is 33.5 Å². The van der Waals surface area contributed by atoms with E-state index in [2.05, 4.69) is 0 Å². The fourth-order valence-corrected chi connectivity index (χ4v) is 3.14. The van der Waals surface area contributed by atoms with E-state index in [-0.39, 0.29) is 16.3 Å². The molecule has 0 heterocycles. The number of nitrogens with zero attached hydrogens (tertiary/aromatic N) is 1. The van der Waals surface area contributed by atoms with Gasteiger partial charge in [0.2, 0.25) is 10.0 Å². The maximum absolute atomic E-state index is 12.5. The molecular formula is C13H22N2O4S. The lowest BCUT2D eigenvalue weighted by Gasteiger charge is -2.19. The number of unbranched alkanes of at least 4 members (excludes halogenated alkanes) is 1. The smallest absolute Gasteiger partial charge is 0.246 e. The molecule has 0 radical (unpaired) electrons. The summed E-state index contributed by atoms with van der Waals surface area (Å²) in [6.07, 6.45) is 1.71. The number of methoxy groups -OCH3 is 2. The number of hydrogen-bond acceptors (Lipinski definition) is 5. The molecule has 114 valence electrons. The summed E-state index contributed by atoms with van der Waals surface area (Å²) in [5.41, 5.74) is 6.05. The normalized spacial score (nSPS) is 11.7. The Bertz CT molecular complexity index is 558. The SMILES string of the molecule is CCCCN(C)S(=O)(=O)c1cc(N)c(OC)cc1OC. The van der Waals surface area contributed by atoms with Crippen LogP contribution in [0.4, 0.5) is 5.69 Å². The summed E-state index contributed by atoms with van der Waals surface area (Å²) in [7, 11) is 0.795. The molecule has 0 spiro atoms. The molecule has 0 unspecified atom stereocenters. The number of rotatable bonds is 7. The van der Waals surface area contributed by atoms with Crippen molar-refractivity contribution in [3.05, 3.63) is 12.1 Å². The van der Waals surface area contributed by atoms with E-state index in [1.165, 1.54) is 30.7 Å². The Balaban J connectivity index is 3.27. The third kappa shape index (κ3) is 3.34. The Labute approximate surface area is 120 Å². The number of anilines is 1. The van der Waals surface area contributed by atoms with Gasteiger partial charge >= 0.3 is 0 Å². The van der Waals surface area contributed by atoms with Crippen molar-refractivity contribution in [2.24, 2.45) is 0 Å². The summed E-state index contributed by atoms with van der Waals surface area (Å²) >= 11 is 0. The molecule has 7 heteroatoms. The second-order valence-electron chi connectivity index (χ2n) is 4.43. The zero-order valence-electron chi connectivity index (χ0n) is 12.3. The Hall–Kier alpha value is -1.47. The van der Waals surface area contributed by atoms with Crippen LogP contribution in [0.25, 0.3) is 0 Å². The Morgan fingerprint density at radius 3 is 2.30 bits per heavy atom. The van der Waals surface area contributed by atoms with Gasteiger partial charge in [0.05, 0.1) is 19.9 Å². The number of benzene rings is 1. The van der Waals surface area contributed by atoms with Crippen LogP contribution in [0.1, 0.15) is 19.8 Å². The Morgan fingerprint density at radius 1 is 1.20 bits per heavy atom. The van der Waals surface area contributed by atoms with Gasteiger partial charge in [-0.15, -0.1) is 0 Å². The zero-order valence-corrected chi connectivity index (χ0v) is 13.2. The lowest BCUT2D eigenvalue weighted by Crippen LogP contribution is -2.28. The van der Waals surface area contributed by atoms with Crippen LogP contribution in [0.2, 0.25) is 0 Å². The van der Waals surface area contributed by atoms with E-state index in [9.17, 15) is 8.42 Å². The van der Waals surface area contributed by atoms with Crippen molar-refractivity contribution in [3.8, 4) is 11.5 Å². The van der Waals surface area contributed by atoms with E-state index in [1.54, 1.807) is 7.05 Å². The predicted octanol–water partition coefficient (Wildman–Crippen LogP) is 1.71. The largest absolute Gasteiger partial charge is 0.495 e. The average Bonchev–Trinajstić information content (AvgIpc) is 2.44. The van der Waals surface area contributed by atoms with E-state index >= 15 is 0 Å². The molecule has 0 aliphatic rings. The van der Waals surface area contributed by atoms with E-state index < -0.39 is 10.0 Å². The molecule has 0 saturated heterocycles. The van der Waals surface area contributed by atoms with Crippen LogP contribution >= 0.6 is 0 Å². The standard InChI is InChI=1S/C13H22N2O4S/c1-5-6-7-15(2)20(16,17)13-8-10(14)11(18-3)9-12(13)19-4/h8-9H,5-7,14H2,1-4H3. The molecule has 0 saturated carbocycles. The molecule has 20 heavy (non-hydrogen) atoms. The third-order valence-electron chi connectivity index (χ3n) is 3.03. The fraction of sp³-hybridized carbons (Fsp3) is 0.538. The van der Waals surface area contributed by atoms with Gasteiger partial charge in [-0.2, -0.15) is 0 Å². The molecular weight excluding hydrogens is 280 g/mol. The third-order valence-corrected chi connectivity index (χ3v) is 4.91. The predicted molar refractivity (Wildman–Crippen MR) is 78.7 cm³/mol. The first-order valence-electron chi connectivity index (χ1n) is 6.36. The van der Waals surface area contributed by atoms with E-state index in [4.69, 9.17) is 15.2 Å². The molecule has 0 fully saturated rings. The van der Waals surface area contributed by atoms with Gasteiger partial charge in [-0.1, -0.05) is 13.3 Å². The van der Waals surface area contributed by atoms with Gasteiger partial charge in [-0.25, -0.2) is 12.7 Å². The molecule has 1 aromatic carbocycles. The van der Waals surface area contributed by atoms with Gasteiger partial charge in [0.15, 0.2) is 0 Å². The molecule has 0 amide bonds. The first-order valence-corrected chi connectivity index (χ1v) is 7.80. The van der Waals surface area contributed by atoms with E-state index in [0.29, 0.717) is 12.3 Å². The topological polar surface area (TPSA) is 81.9 Å². The van der Waals surface area contributed by atoms with Gasteiger partial charge in [0.1, 0.15) is 16.4 Å². The first-order chi connectivity index (χ1) is 9.38. The van der Waals surface area contributed by atoms with Crippen molar-refractivity contribution in [3.63, 3.8) is 0 Å². The average molecular weight is 302 g/mol. The number of sulfonamides is 1. The summed E-state index contributed by atoms with van der Waals surface area (Å²) < 4.78 is 36.6. The minimum atomic E-state index is -3.63. The van der Waals surface area contributed by atoms with Crippen LogP contribution in [-0.2, 0) is 10.0 Å². The van der Waals surface area contributed by atoms with Crippen molar-refractivity contribution in [2.45, 2.75) is 24.7 Å². The molecule has 1 aromatic rings. The zero-order chi connectivity index (χ0) is 15.3. The summed E-state index contributed by atoms with van der Waals surface area (Å²) in [5.74, 6) is 0.608. The maximum atomic E-state index is 12.5. The molecule has 0 atom stereocenters. The molecule has 1 rings (SSSR count). The second-order valence-corrected chi connectivity index (χ2v) is 6.44. The molecule has 0 aliphatic heterocycles. The minimum Gasteiger partial charge on any atom is -0.495 e. The van der Waals surface area contributed by atoms with Crippen LogP contribution in [0, 0.1) is 0 Å². The highest BCUT2D eigenvalue weighted by molar-refractivity contribution is 7.89. The Kier molecular flexibility index (Phi) is 5.64. The summed E-state index contributed by atoms with van der Waals surface area (Å²) in [5, 5.41) is 0. The number of nitrogen functional groups attached to an aromatic ring is 1. The van der Waals surface area contributed by atoms with Crippen molar-refractivity contribution >= 4 is 15.7 Å². The lowest BCUT2D eigenvalue weighted by molar-refractivity contribution is 0.384. The highest BCUT2D eigenvalue weighted by Crippen LogP contribution is 2.34. The van der Waals surface area contributed by atoms with Crippen molar-refractivity contribution in [1.82, 2.24) is 4.31 Å². The van der Waals surface area contributed by atoms with Gasteiger partial charge in [-0.05, 0) is 12.5 Å². The highest BCUT2D eigenvalue weighted by atomic mass is 32.2. The fourth-order valence-electron chi connectivity index (χ4n) is 1.76. The number of ether oxygens (including phenoxy) is 2. The number of hydrogen-bond donors (Lipinski definition) is 1. The minimum absolute atomic E-state index is 0.0527. The van der Waals surface area contributed by atoms with Crippen LogP contribution in [0.5, 0.6) is 11.5 Å². The summed E-state index contributed by atoms with van der Waals surface area (Å²) in [6.45, 7) is 2.46. The van der Waals surface area contributed by atoms with Crippen molar-refractivity contribution < 1.29 is 17.9 Å². The lowest BCUT2D eigenvalue weighted by atomic mass is 10.3. The van der Waals surface area contributed by atoms with Gasteiger partial charge in [0.25, 0.3) is 0 Å². The number of nitrogens with two attached hydrogens (primary N) is 1. The van der Waals surface area contributed by atoms with Gasteiger partial charge in [0, 0.05) is 19.7 Å². The van der Waals surface area contributed by atoms with Crippen LogP contribution in [-0.4, -0.2) is 40.5 Å². The molecule has 2 N–H and O–H groups in total. The molecule has 0 aliphatic carbocycles. The maximum Gasteiger partial charge on any atom is 0.246 e. The molecule has 0 bridgehead atoms. The first kappa shape index (κ1) is 16.6. The second kappa shape index (κ2) is 6.81. The van der Waals surface area contributed by atoms with Gasteiger partial charge in [-0.3, -0.25) is 0 Å². The van der Waals surface area contributed by atoms with E-state index in [1.807, 2.05) is 6.92 Å². The monoisotopic (exact) mass is 302 g/mol. The van der Waals surface area contributed by atoms with Crippen LogP contribution < -0.4 is 15.2 Å². The summed E-state index contributed by atoms with van der Waals surface area (Å²) in [6, 6.07) is 2.85. The van der Waals surface area contributed by atoms with Crippen LogP contribution in [0.15, 0.2) is 17.0 Å². The quantitative estimate of drug-likeness (QED) is 0.775. The molecule has 6 nitrogen and oxygen atoms in total. The van der Waals surface area contributed by atoms with E-state index in [0.717, 1.165) is 12.8 Å². The summed E-state index contributed by atoms with van der Waals surface area (Å²) in [4.78, 5) is 0.0527. The molecule has 0 aromatic heterocycles. The van der Waals surface area contributed by atoms with Crippen LogP contribution in [0.3, 0.4) is 0 Å². The highest BCUT2D eigenvalue weighted by Gasteiger charge is 2.26. The van der Waals surface area contributed by atoms with Gasteiger partial charge < -0.3 is 15.2 Å². The Morgan fingerprint density at radius 2 is 1.80 bits per heavy atom. The van der Waals surface area contributed by atoms with Crippen molar-refractivity contribution in [1.29, 1.82) is 0 Å².